The van der Waals surface area contributed by atoms with Crippen molar-refractivity contribution in [2.45, 2.75) is 57.3 Å². The summed E-state index contributed by atoms with van der Waals surface area (Å²) in [6, 6.07) is 14.2. The molecule has 0 aliphatic carbocycles. The zero-order chi connectivity index (χ0) is 26.2. The van der Waals surface area contributed by atoms with Gasteiger partial charge in [-0.2, -0.15) is 5.10 Å². The van der Waals surface area contributed by atoms with Gasteiger partial charge in [0.05, 0.1) is 11.5 Å². The highest BCUT2D eigenvalue weighted by Gasteiger charge is 2.43. The van der Waals surface area contributed by atoms with E-state index in [-0.39, 0.29) is 5.82 Å². The fourth-order valence-electron chi connectivity index (χ4n) is 5.38. The zero-order valence-electron chi connectivity index (χ0n) is 21.2. The molecule has 2 aromatic carbocycles. The lowest BCUT2D eigenvalue weighted by Crippen LogP contribution is -2.30. The number of ether oxygens (including phenoxy) is 1. The van der Waals surface area contributed by atoms with Crippen LogP contribution >= 0.6 is 0 Å². The number of nitrogens with one attached hydrogen (secondary N) is 1. The number of aromatic nitrogens is 4. The Morgan fingerprint density at radius 1 is 1.00 bits per heavy atom. The molecule has 2 aromatic heterocycles. The fourth-order valence-corrected chi connectivity index (χ4v) is 5.38. The van der Waals surface area contributed by atoms with Gasteiger partial charge in [-0.15, -0.1) is 0 Å². The van der Waals surface area contributed by atoms with Crippen molar-refractivity contribution in [2.75, 3.05) is 18.4 Å². The lowest BCUT2D eigenvalue weighted by atomic mass is 10.0. The Bertz CT molecular complexity index is 1420. The molecule has 10 heteroatoms. The van der Waals surface area contributed by atoms with Crippen molar-refractivity contribution in [3.05, 3.63) is 66.2 Å². The number of aliphatic hydroxyl groups excluding tert-OH is 2. The Kier molecular flexibility index (Phi) is 6.79. The van der Waals surface area contributed by atoms with Crippen LogP contribution in [0.5, 0.6) is 0 Å². The Morgan fingerprint density at radius 3 is 2.50 bits per heavy atom. The lowest BCUT2D eigenvalue weighted by molar-refractivity contribution is -0.0370. The minimum atomic E-state index is -1.17. The largest absolute Gasteiger partial charge is 0.388 e. The summed E-state index contributed by atoms with van der Waals surface area (Å²) in [6.45, 7) is 4.62. The van der Waals surface area contributed by atoms with Crippen LogP contribution in [0.15, 0.2) is 54.9 Å². The summed E-state index contributed by atoms with van der Waals surface area (Å²) in [5.74, 6) is 0.167. The monoisotopic (exact) mass is 518 g/mol. The number of fused-ring (bicyclic) bond motifs is 1. The second-order valence-corrected chi connectivity index (χ2v) is 10.1. The first-order valence-electron chi connectivity index (χ1n) is 13.1. The van der Waals surface area contributed by atoms with E-state index in [0.29, 0.717) is 28.2 Å². The van der Waals surface area contributed by atoms with Crippen LogP contribution in [0.3, 0.4) is 0 Å². The van der Waals surface area contributed by atoms with E-state index >= 15 is 0 Å². The van der Waals surface area contributed by atoms with Crippen LogP contribution in [0.2, 0.25) is 0 Å². The molecule has 0 saturated carbocycles. The summed E-state index contributed by atoms with van der Waals surface area (Å²) < 4.78 is 21.0. The molecule has 2 saturated heterocycles. The van der Waals surface area contributed by atoms with E-state index in [2.05, 4.69) is 26.3 Å². The average Bonchev–Trinajstić information content (AvgIpc) is 3.44. The molecule has 0 bridgehead atoms. The number of benzene rings is 2. The van der Waals surface area contributed by atoms with Crippen LogP contribution in [0, 0.1) is 5.82 Å². The van der Waals surface area contributed by atoms with Gasteiger partial charge in [0.2, 0.25) is 0 Å². The quantitative estimate of drug-likeness (QED) is 0.352. The molecular weight excluding hydrogens is 487 g/mol. The number of hydrogen-bond donors (Lipinski definition) is 3. The molecule has 4 aromatic rings. The lowest BCUT2D eigenvalue weighted by Gasteiger charge is -2.27. The van der Waals surface area contributed by atoms with Gasteiger partial charge >= 0.3 is 0 Å². The molecule has 2 aliphatic heterocycles. The van der Waals surface area contributed by atoms with E-state index in [1.807, 2.05) is 18.2 Å². The normalized spacial score (nSPS) is 24.2. The van der Waals surface area contributed by atoms with Crippen LogP contribution in [0.1, 0.15) is 38.0 Å². The molecule has 2 fully saturated rings. The molecule has 4 heterocycles. The summed E-state index contributed by atoms with van der Waals surface area (Å²) in [4.78, 5) is 11.5. The molecule has 3 N–H and O–H groups in total. The Balaban J connectivity index is 1.50. The Hall–Kier alpha value is -3.44. The summed E-state index contributed by atoms with van der Waals surface area (Å²) in [5, 5.41) is 30.0. The van der Waals surface area contributed by atoms with Crippen LogP contribution in [0.4, 0.5) is 15.9 Å². The first-order valence-corrected chi connectivity index (χ1v) is 13.1. The van der Waals surface area contributed by atoms with E-state index in [4.69, 9.17) is 9.84 Å². The number of nitrogens with zero attached hydrogens (tertiary/aromatic N) is 5. The molecule has 0 spiro atoms. The number of piperidine rings is 1. The smallest absolute Gasteiger partial charge is 0.181 e. The predicted molar refractivity (Wildman–Crippen MR) is 141 cm³/mol. The molecule has 0 unspecified atom stereocenters. The molecule has 9 nitrogen and oxygen atoms in total. The summed E-state index contributed by atoms with van der Waals surface area (Å²) in [6.07, 6.45) is 1.35. The molecule has 38 heavy (non-hydrogen) atoms. The average molecular weight is 519 g/mol. The number of hydrogen-bond acceptors (Lipinski definition) is 8. The van der Waals surface area contributed by atoms with Crippen molar-refractivity contribution >= 4 is 22.5 Å². The maximum atomic E-state index is 13.5. The topological polar surface area (TPSA) is 109 Å². The van der Waals surface area contributed by atoms with Gasteiger partial charge < -0.3 is 20.3 Å². The van der Waals surface area contributed by atoms with E-state index in [1.54, 1.807) is 19.1 Å². The van der Waals surface area contributed by atoms with Gasteiger partial charge in [-0.05, 0) is 62.7 Å². The first kappa shape index (κ1) is 24.9. The number of halogens is 1. The van der Waals surface area contributed by atoms with Gasteiger partial charge in [-0.25, -0.2) is 19.0 Å². The Morgan fingerprint density at radius 2 is 1.76 bits per heavy atom. The van der Waals surface area contributed by atoms with Crippen molar-refractivity contribution in [1.82, 2.24) is 24.6 Å². The van der Waals surface area contributed by atoms with Crippen molar-refractivity contribution in [3.63, 3.8) is 0 Å². The predicted octanol–water partition coefficient (Wildman–Crippen LogP) is 4.00. The number of anilines is 2. The first-order chi connectivity index (χ1) is 18.5. The van der Waals surface area contributed by atoms with Crippen LogP contribution in [-0.4, -0.2) is 66.3 Å². The second-order valence-electron chi connectivity index (χ2n) is 10.1. The van der Waals surface area contributed by atoms with Gasteiger partial charge in [-0.1, -0.05) is 30.7 Å². The van der Waals surface area contributed by atoms with E-state index in [0.717, 1.165) is 30.8 Å². The van der Waals surface area contributed by atoms with Crippen LogP contribution in [-0.2, 0) is 11.3 Å². The molecule has 6 rings (SSSR count). The highest BCUT2D eigenvalue weighted by Crippen LogP contribution is 2.39. The fraction of sp³-hybridized carbons (Fsp3) is 0.393. The molecule has 0 radical (unpaired) electrons. The van der Waals surface area contributed by atoms with Crippen LogP contribution in [0.25, 0.3) is 22.3 Å². The highest BCUT2D eigenvalue weighted by atomic mass is 19.1. The molecular formula is C28H31FN6O3. The van der Waals surface area contributed by atoms with E-state index in [9.17, 15) is 14.6 Å². The molecule has 0 amide bonds. The SMILES string of the molecule is C[C@H]1O[C@@H](n2nc(-c3ccccc3CN3CCCCC3)c3c(Nc4ccc(F)cc4)ncnc32)[C@H](O)[C@@H]1O. The van der Waals surface area contributed by atoms with Gasteiger partial charge in [0, 0.05) is 17.8 Å². The molecule has 4 atom stereocenters. The van der Waals surface area contributed by atoms with E-state index in [1.165, 1.54) is 42.4 Å². The second kappa shape index (κ2) is 10.4. The third kappa shape index (κ3) is 4.64. The maximum absolute atomic E-state index is 13.5. The molecule has 2 aliphatic rings. The third-order valence-corrected chi connectivity index (χ3v) is 7.43. The van der Waals surface area contributed by atoms with Gasteiger partial charge in [0.25, 0.3) is 0 Å². The van der Waals surface area contributed by atoms with Gasteiger partial charge in [-0.3, -0.25) is 4.90 Å². The minimum absolute atomic E-state index is 0.330. The van der Waals surface area contributed by atoms with Crippen molar-refractivity contribution in [1.29, 1.82) is 0 Å². The summed E-state index contributed by atoms with van der Waals surface area (Å²) in [7, 11) is 0. The Labute approximate surface area is 219 Å². The van der Waals surface area contributed by atoms with E-state index < -0.39 is 24.5 Å². The van der Waals surface area contributed by atoms with Crippen LogP contribution < -0.4 is 5.32 Å². The summed E-state index contributed by atoms with van der Waals surface area (Å²) in [5.41, 5.74) is 3.81. The summed E-state index contributed by atoms with van der Waals surface area (Å²) >= 11 is 0. The van der Waals surface area contributed by atoms with Gasteiger partial charge in [0.1, 0.15) is 35.9 Å². The van der Waals surface area contributed by atoms with Crippen molar-refractivity contribution < 1.29 is 19.3 Å². The third-order valence-electron chi connectivity index (χ3n) is 7.43. The van der Waals surface area contributed by atoms with Crippen molar-refractivity contribution in [2.24, 2.45) is 0 Å². The number of likely N-dealkylation sites (tertiary alicyclic amines) is 1. The standard InChI is InChI=1S/C28H31FN6O3/c1-17-24(36)25(37)28(38-17)35-27-22(26(30-16-31-27)32-20-11-9-19(29)10-12-20)23(33-35)21-8-4-3-7-18(21)15-34-13-5-2-6-14-34/h3-4,7-12,16-17,24-25,28,36-37H,2,5-6,13-15H2,1H3,(H,30,31,32)/t17-,24-,25-,28-/m1/s1. The molecule has 198 valence electrons. The zero-order valence-corrected chi connectivity index (χ0v) is 21.2. The highest BCUT2D eigenvalue weighted by molar-refractivity contribution is 6.00. The maximum Gasteiger partial charge on any atom is 0.181 e. The number of aliphatic hydroxyl groups is 2. The minimum Gasteiger partial charge on any atom is -0.388 e. The van der Waals surface area contributed by atoms with Crippen molar-refractivity contribution in [3.8, 4) is 11.3 Å². The van der Waals surface area contributed by atoms with Gasteiger partial charge in [0.15, 0.2) is 11.9 Å². The number of rotatable bonds is 6.